The van der Waals surface area contributed by atoms with Gasteiger partial charge in [0.05, 0.1) is 0 Å². The molecule has 0 saturated heterocycles. The van der Waals surface area contributed by atoms with Gasteiger partial charge in [0.25, 0.3) is 5.91 Å². The van der Waals surface area contributed by atoms with Gasteiger partial charge in [0, 0.05) is 0 Å². The number of hydrogen-bond acceptors (Lipinski definition) is 4. The maximum absolute atomic E-state index is 11.5. The average molecular weight is 237 g/mol. The van der Waals surface area contributed by atoms with Gasteiger partial charge in [-0.2, -0.15) is 0 Å². The van der Waals surface area contributed by atoms with Gasteiger partial charge in [-0.05, 0) is 26.0 Å². The molecule has 5 nitrogen and oxygen atoms in total. The maximum atomic E-state index is 11.5. The molecule has 17 heavy (non-hydrogen) atoms. The molecular formula is C12H15NO4. The predicted molar refractivity (Wildman–Crippen MR) is 61.3 cm³/mol. The van der Waals surface area contributed by atoms with E-state index in [1.807, 2.05) is 6.07 Å². The van der Waals surface area contributed by atoms with Crippen LogP contribution in [-0.2, 0) is 14.3 Å². The van der Waals surface area contributed by atoms with Gasteiger partial charge in [-0.25, -0.2) is 4.79 Å². The molecule has 2 atom stereocenters. The Labute approximate surface area is 99.5 Å². The molecule has 92 valence electrons. The molecule has 0 unspecified atom stereocenters. The molecule has 1 aromatic rings. The van der Waals surface area contributed by atoms with Gasteiger partial charge < -0.3 is 15.2 Å². The molecule has 0 saturated carbocycles. The third kappa shape index (κ3) is 4.14. The summed E-state index contributed by atoms with van der Waals surface area (Å²) in [6, 6.07) is 8.87. The van der Waals surface area contributed by atoms with Crippen LogP contribution in [0.25, 0.3) is 0 Å². The molecule has 0 aliphatic rings. The molecule has 5 heteroatoms. The fourth-order valence-electron chi connectivity index (χ4n) is 1.08. The number of benzene rings is 1. The fraction of sp³-hybridized carbons (Fsp3) is 0.333. The van der Waals surface area contributed by atoms with Crippen molar-refractivity contribution in [2.75, 3.05) is 0 Å². The minimum absolute atomic E-state index is 0.559. The van der Waals surface area contributed by atoms with E-state index >= 15 is 0 Å². The summed E-state index contributed by atoms with van der Waals surface area (Å²) in [5.74, 6) is -0.755. The summed E-state index contributed by atoms with van der Waals surface area (Å²) in [4.78, 5) is 22.2. The van der Waals surface area contributed by atoms with Gasteiger partial charge in [0.15, 0.2) is 12.2 Å². The third-order valence-electron chi connectivity index (χ3n) is 2.08. The summed E-state index contributed by atoms with van der Waals surface area (Å²) in [6.07, 6.45) is -1.75. The number of rotatable bonds is 5. The van der Waals surface area contributed by atoms with Crippen molar-refractivity contribution < 1.29 is 19.1 Å². The van der Waals surface area contributed by atoms with E-state index in [9.17, 15) is 9.59 Å². The smallest absolute Gasteiger partial charge is 0.347 e. The number of carbonyl (C=O) groups is 2. The third-order valence-corrected chi connectivity index (χ3v) is 2.08. The van der Waals surface area contributed by atoms with E-state index in [2.05, 4.69) is 0 Å². The fourth-order valence-corrected chi connectivity index (χ4v) is 1.08. The minimum Gasteiger partial charge on any atom is -0.479 e. The molecule has 0 bridgehead atoms. The monoisotopic (exact) mass is 237 g/mol. The molecular weight excluding hydrogens is 222 g/mol. The van der Waals surface area contributed by atoms with Gasteiger partial charge in [0.2, 0.25) is 0 Å². The standard InChI is InChI=1S/C12H15NO4/c1-8(11(13)14)17-12(15)9(2)16-10-6-4-3-5-7-10/h3-9H,1-2H3,(H2,13,14)/t8-,9+/m1/s1. The number of esters is 1. The summed E-state index contributed by atoms with van der Waals surface area (Å²) >= 11 is 0. The van der Waals surface area contributed by atoms with E-state index in [0.717, 1.165) is 0 Å². The Bertz CT molecular complexity index is 391. The summed E-state index contributed by atoms with van der Waals surface area (Å²) < 4.78 is 10.1. The molecule has 1 aromatic carbocycles. The first-order chi connectivity index (χ1) is 8.00. The maximum Gasteiger partial charge on any atom is 0.347 e. The van der Waals surface area contributed by atoms with Crippen LogP contribution in [-0.4, -0.2) is 24.1 Å². The lowest BCUT2D eigenvalue weighted by molar-refractivity contribution is -0.159. The second kappa shape index (κ2) is 5.89. The Hall–Kier alpha value is -2.04. The number of nitrogens with two attached hydrogens (primary N) is 1. The normalized spacial score (nSPS) is 13.5. The highest BCUT2D eigenvalue weighted by atomic mass is 16.6. The second-order valence-corrected chi connectivity index (χ2v) is 3.55. The lowest BCUT2D eigenvalue weighted by Gasteiger charge is -2.16. The first-order valence-electron chi connectivity index (χ1n) is 5.22. The minimum atomic E-state index is -0.954. The molecule has 0 radical (unpaired) electrons. The number of hydrogen-bond donors (Lipinski definition) is 1. The van der Waals surface area contributed by atoms with Crippen LogP contribution in [0.1, 0.15) is 13.8 Å². The quantitative estimate of drug-likeness (QED) is 0.771. The Morgan fingerprint density at radius 2 is 1.71 bits per heavy atom. The molecule has 0 aliphatic carbocycles. The summed E-state index contributed by atoms with van der Waals surface area (Å²) in [7, 11) is 0. The highest BCUT2D eigenvalue weighted by molar-refractivity contribution is 5.83. The Balaban J connectivity index is 2.50. The van der Waals surface area contributed by atoms with Gasteiger partial charge in [-0.1, -0.05) is 18.2 Å². The van der Waals surface area contributed by atoms with E-state index < -0.39 is 24.1 Å². The van der Waals surface area contributed by atoms with Gasteiger partial charge >= 0.3 is 5.97 Å². The Morgan fingerprint density at radius 1 is 1.12 bits per heavy atom. The Morgan fingerprint density at radius 3 is 2.24 bits per heavy atom. The molecule has 1 rings (SSSR count). The highest BCUT2D eigenvalue weighted by Crippen LogP contribution is 2.11. The van der Waals surface area contributed by atoms with Crippen LogP contribution >= 0.6 is 0 Å². The first kappa shape index (κ1) is 13.0. The topological polar surface area (TPSA) is 78.6 Å². The van der Waals surface area contributed by atoms with Crippen LogP contribution in [0.3, 0.4) is 0 Å². The van der Waals surface area contributed by atoms with Crippen molar-refractivity contribution in [1.82, 2.24) is 0 Å². The van der Waals surface area contributed by atoms with Crippen molar-refractivity contribution in [1.29, 1.82) is 0 Å². The number of ether oxygens (including phenoxy) is 2. The summed E-state index contributed by atoms with van der Waals surface area (Å²) in [6.45, 7) is 2.96. The largest absolute Gasteiger partial charge is 0.479 e. The van der Waals surface area contributed by atoms with Gasteiger partial charge in [-0.15, -0.1) is 0 Å². The first-order valence-corrected chi connectivity index (χ1v) is 5.22. The number of amides is 1. The number of primary amides is 1. The van der Waals surface area contributed by atoms with Gasteiger partial charge in [0.1, 0.15) is 5.75 Å². The van der Waals surface area contributed by atoms with Crippen LogP contribution in [0.15, 0.2) is 30.3 Å². The van der Waals surface area contributed by atoms with Crippen LogP contribution in [0, 0.1) is 0 Å². The van der Waals surface area contributed by atoms with E-state index in [0.29, 0.717) is 5.75 Å². The van der Waals surface area contributed by atoms with E-state index in [-0.39, 0.29) is 0 Å². The van der Waals surface area contributed by atoms with Crippen LogP contribution < -0.4 is 10.5 Å². The predicted octanol–water partition coefficient (Wildman–Crippen LogP) is 0.871. The molecule has 2 N–H and O–H groups in total. The zero-order chi connectivity index (χ0) is 12.8. The molecule has 1 amide bonds. The summed E-state index contributed by atoms with van der Waals surface area (Å²) in [5.41, 5.74) is 4.98. The molecule has 0 fully saturated rings. The second-order valence-electron chi connectivity index (χ2n) is 3.55. The van der Waals surface area contributed by atoms with E-state index in [4.69, 9.17) is 15.2 Å². The zero-order valence-electron chi connectivity index (χ0n) is 9.75. The van der Waals surface area contributed by atoms with Crippen molar-refractivity contribution >= 4 is 11.9 Å². The van der Waals surface area contributed by atoms with Crippen molar-refractivity contribution in [3.05, 3.63) is 30.3 Å². The van der Waals surface area contributed by atoms with Crippen molar-refractivity contribution in [2.45, 2.75) is 26.1 Å². The van der Waals surface area contributed by atoms with Crippen molar-refractivity contribution in [3.63, 3.8) is 0 Å². The van der Waals surface area contributed by atoms with Gasteiger partial charge in [-0.3, -0.25) is 4.79 Å². The van der Waals surface area contributed by atoms with E-state index in [1.165, 1.54) is 6.92 Å². The van der Waals surface area contributed by atoms with Crippen LogP contribution in [0.2, 0.25) is 0 Å². The Kier molecular flexibility index (Phi) is 4.51. The van der Waals surface area contributed by atoms with Crippen LogP contribution in [0.5, 0.6) is 5.75 Å². The lowest BCUT2D eigenvalue weighted by atomic mass is 10.3. The molecule has 0 spiro atoms. The van der Waals surface area contributed by atoms with E-state index in [1.54, 1.807) is 31.2 Å². The SMILES string of the molecule is C[C@H](Oc1ccccc1)C(=O)O[C@H](C)C(N)=O. The average Bonchev–Trinajstić information content (AvgIpc) is 2.29. The zero-order valence-corrected chi connectivity index (χ0v) is 9.75. The number of carbonyl (C=O) groups excluding carboxylic acids is 2. The van der Waals surface area contributed by atoms with Crippen LogP contribution in [0.4, 0.5) is 0 Å². The molecule has 0 aromatic heterocycles. The van der Waals surface area contributed by atoms with Crippen molar-refractivity contribution in [3.8, 4) is 5.75 Å². The molecule has 0 aliphatic heterocycles. The molecule has 0 heterocycles. The number of para-hydroxylation sites is 1. The summed E-state index contributed by atoms with van der Waals surface area (Å²) in [5, 5.41) is 0. The van der Waals surface area contributed by atoms with Crippen molar-refractivity contribution in [2.24, 2.45) is 5.73 Å². The lowest BCUT2D eigenvalue weighted by Crippen LogP contribution is -2.35. The highest BCUT2D eigenvalue weighted by Gasteiger charge is 2.21.